The lowest BCUT2D eigenvalue weighted by Crippen LogP contribution is -2.36. The van der Waals surface area contributed by atoms with Gasteiger partial charge in [0, 0.05) is 37.1 Å². The Morgan fingerprint density at radius 1 is 1.00 bits per heavy atom. The summed E-state index contributed by atoms with van der Waals surface area (Å²) in [6, 6.07) is 18.5. The Balaban J connectivity index is 1.44. The smallest absolute Gasteiger partial charge is 0.262 e. The van der Waals surface area contributed by atoms with Gasteiger partial charge in [-0.05, 0) is 60.7 Å². The van der Waals surface area contributed by atoms with Gasteiger partial charge in [0.15, 0.2) is 0 Å². The highest BCUT2D eigenvalue weighted by atomic mass is 32.2. The van der Waals surface area contributed by atoms with Gasteiger partial charge in [0.2, 0.25) is 5.03 Å². The van der Waals surface area contributed by atoms with E-state index in [1.807, 2.05) is 41.2 Å². The minimum absolute atomic E-state index is 0.0181. The van der Waals surface area contributed by atoms with Gasteiger partial charge < -0.3 is 0 Å². The summed E-state index contributed by atoms with van der Waals surface area (Å²) in [5.41, 5.74) is 4.91. The van der Waals surface area contributed by atoms with Crippen LogP contribution in [-0.2, 0) is 28.9 Å². The molecule has 1 saturated heterocycles. The first-order chi connectivity index (χ1) is 17.9. The standard InChI is InChI=1S/C27H27N7O2S/c1-20-13-25-22(16-30-34(25)23-9-6-11-28-17-23)14-24(20)27(15-21-7-4-3-5-8-21)10-12-33(19-27)37(35,36)26-18-29-32(2)31-26/h3-9,11,13-14,16-18H,10,12,15,19H2,1-2H3. The summed E-state index contributed by atoms with van der Waals surface area (Å²) in [7, 11) is -2.14. The number of benzene rings is 2. The Morgan fingerprint density at radius 2 is 1.84 bits per heavy atom. The maximum atomic E-state index is 13.5. The Morgan fingerprint density at radius 3 is 2.57 bits per heavy atom. The molecule has 188 valence electrons. The van der Waals surface area contributed by atoms with Crippen molar-refractivity contribution < 1.29 is 8.42 Å². The molecule has 2 aromatic carbocycles. The van der Waals surface area contributed by atoms with Crippen LogP contribution in [0.5, 0.6) is 0 Å². The molecule has 0 spiro atoms. The van der Waals surface area contributed by atoms with Gasteiger partial charge in [-0.2, -0.15) is 19.3 Å². The fourth-order valence-electron chi connectivity index (χ4n) is 5.50. The summed E-state index contributed by atoms with van der Waals surface area (Å²) in [4.78, 5) is 5.51. The van der Waals surface area contributed by atoms with Crippen LogP contribution in [0, 0.1) is 6.92 Å². The SMILES string of the molecule is Cc1cc2c(cnn2-c2cccnc2)cc1C1(Cc2ccccc2)CCN(S(=O)(=O)c2cnn(C)n2)C1. The quantitative estimate of drug-likeness (QED) is 0.345. The van der Waals surface area contributed by atoms with E-state index in [-0.39, 0.29) is 5.03 Å². The first-order valence-corrected chi connectivity index (χ1v) is 13.6. The monoisotopic (exact) mass is 513 g/mol. The molecule has 9 nitrogen and oxygen atoms in total. The molecule has 10 heteroatoms. The summed E-state index contributed by atoms with van der Waals surface area (Å²) in [5, 5.41) is 13.7. The predicted octanol–water partition coefficient (Wildman–Crippen LogP) is 3.43. The van der Waals surface area contributed by atoms with E-state index < -0.39 is 15.4 Å². The molecule has 6 rings (SSSR count). The summed E-state index contributed by atoms with van der Waals surface area (Å²) in [5.74, 6) is 0. The molecule has 1 unspecified atom stereocenters. The zero-order valence-electron chi connectivity index (χ0n) is 20.7. The zero-order valence-corrected chi connectivity index (χ0v) is 21.5. The molecule has 5 aromatic rings. The first-order valence-electron chi connectivity index (χ1n) is 12.2. The van der Waals surface area contributed by atoms with Crippen molar-refractivity contribution in [2.75, 3.05) is 13.1 Å². The zero-order chi connectivity index (χ0) is 25.6. The first kappa shape index (κ1) is 23.5. The third kappa shape index (κ3) is 4.11. The number of pyridine rings is 1. The van der Waals surface area contributed by atoms with Crippen LogP contribution in [0.15, 0.2) is 84.4 Å². The molecule has 4 heterocycles. The highest BCUT2D eigenvalue weighted by Crippen LogP contribution is 2.42. The fraction of sp³-hybridized carbons (Fsp3) is 0.259. The van der Waals surface area contributed by atoms with Gasteiger partial charge in [-0.15, -0.1) is 5.10 Å². The average Bonchev–Trinajstić information content (AvgIpc) is 3.64. The van der Waals surface area contributed by atoms with E-state index in [0.717, 1.165) is 34.1 Å². The van der Waals surface area contributed by atoms with Gasteiger partial charge >= 0.3 is 0 Å². The lowest BCUT2D eigenvalue weighted by molar-refractivity contribution is 0.412. The molecular formula is C27H27N7O2S. The van der Waals surface area contributed by atoms with Crippen molar-refractivity contribution >= 4 is 20.9 Å². The van der Waals surface area contributed by atoms with Gasteiger partial charge in [-0.25, -0.2) is 13.1 Å². The minimum Gasteiger partial charge on any atom is -0.262 e. The number of hydrogen-bond acceptors (Lipinski definition) is 6. The molecule has 1 aliphatic heterocycles. The molecule has 37 heavy (non-hydrogen) atoms. The third-order valence-electron chi connectivity index (χ3n) is 7.26. The maximum Gasteiger partial charge on any atom is 0.264 e. The topological polar surface area (TPSA) is 98.8 Å². The molecule has 0 saturated carbocycles. The van der Waals surface area contributed by atoms with Gasteiger partial charge in [0.1, 0.15) is 0 Å². The second kappa shape index (κ2) is 8.89. The van der Waals surface area contributed by atoms with Gasteiger partial charge in [0.25, 0.3) is 10.0 Å². The normalized spacial score (nSPS) is 18.5. The number of hydrogen-bond donors (Lipinski definition) is 0. The van der Waals surface area contributed by atoms with Crippen molar-refractivity contribution in [3.05, 3.63) is 96.1 Å². The number of aromatic nitrogens is 6. The third-order valence-corrected chi connectivity index (χ3v) is 8.97. The average molecular weight is 514 g/mol. The number of aryl methyl sites for hydroxylation is 2. The van der Waals surface area contributed by atoms with Gasteiger partial charge in [-0.3, -0.25) is 4.98 Å². The molecule has 0 radical (unpaired) electrons. The van der Waals surface area contributed by atoms with Crippen LogP contribution in [0.1, 0.15) is 23.1 Å². The van der Waals surface area contributed by atoms with Crippen molar-refractivity contribution in [3.8, 4) is 5.69 Å². The van der Waals surface area contributed by atoms with E-state index in [0.29, 0.717) is 19.5 Å². The summed E-state index contributed by atoms with van der Waals surface area (Å²) in [6.07, 6.45) is 8.14. The number of sulfonamides is 1. The molecule has 0 N–H and O–H groups in total. The highest BCUT2D eigenvalue weighted by Gasteiger charge is 2.45. The molecule has 0 bridgehead atoms. The van der Waals surface area contributed by atoms with E-state index >= 15 is 0 Å². The van der Waals surface area contributed by atoms with Crippen LogP contribution in [0.4, 0.5) is 0 Å². The molecular weight excluding hydrogens is 486 g/mol. The lowest BCUT2D eigenvalue weighted by atomic mass is 9.73. The van der Waals surface area contributed by atoms with Crippen molar-refractivity contribution in [2.45, 2.75) is 30.2 Å². The Labute approximate surface area is 215 Å². The minimum atomic E-state index is -3.76. The summed E-state index contributed by atoms with van der Waals surface area (Å²) in [6.45, 7) is 2.88. The highest BCUT2D eigenvalue weighted by molar-refractivity contribution is 7.89. The molecule has 0 aliphatic carbocycles. The largest absolute Gasteiger partial charge is 0.264 e. The van der Waals surface area contributed by atoms with Crippen LogP contribution < -0.4 is 0 Å². The Hall–Kier alpha value is -3.89. The molecule has 1 fully saturated rings. The molecule has 1 atom stereocenters. The Kier molecular flexibility index (Phi) is 5.65. The van der Waals surface area contributed by atoms with Crippen molar-refractivity contribution in [2.24, 2.45) is 7.05 Å². The van der Waals surface area contributed by atoms with Crippen LogP contribution >= 0.6 is 0 Å². The van der Waals surface area contributed by atoms with Crippen LogP contribution in [-0.4, -0.2) is 55.6 Å². The van der Waals surface area contributed by atoms with E-state index in [1.165, 1.54) is 16.6 Å². The van der Waals surface area contributed by atoms with Gasteiger partial charge in [0.05, 0.1) is 29.8 Å². The van der Waals surface area contributed by atoms with Crippen LogP contribution in [0.2, 0.25) is 0 Å². The fourth-order valence-corrected chi connectivity index (χ4v) is 6.91. The Bertz CT molecular complexity index is 1680. The second-order valence-corrected chi connectivity index (χ2v) is 11.6. The van der Waals surface area contributed by atoms with E-state index in [2.05, 4.69) is 51.5 Å². The van der Waals surface area contributed by atoms with Crippen LogP contribution in [0.3, 0.4) is 0 Å². The summed E-state index contributed by atoms with van der Waals surface area (Å²) < 4.78 is 30.4. The lowest BCUT2D eigenvalue weighted by Gasteiger charge is -2.32. The van der Waals surface area contributed by atoms with E-state index in [9.17, 15) is 8.42 Å². The predicted molar refractivity (Wildman–Crippen MR) is 140 cm³/mol. The number of fused-ring (bicyclic) bond motifs is 1. The maximum absolute atomic E-state index is 13.5. The van der Waals surface area contributed by atoms with E-state index in [1.54, 1.807) is 23.7 Å². The van der Waals surface area contributed by atoms with Crippen molar-refractivity contribution in [1.29, 1.82) is 0 Å². The van der Waals surface area contributed by atoms with Crippen molar-refractivity contribution in [3.63, 3.8) is 0 Å². The van der Waals surface area contributed by atoms with Crippen LogP contribution in [0.25, 0.3) is 16.6 Å². The van der Waals surface area contributed by atoms with Gasteiger partial charge in [-0.1, -0.05) is 30.3 Å². The second-order valence-electron chi connectivity index (χ2n) is 9.70. The number of nitrogens with zero attached hydrogens (tertiary/aromatic N) is 7. The molecule has 3 aromatic heterocycles. The molecule has 1 aliphatic rings. The number of rotatable bonds is 6. The van der Waals surface area contributed by atoms with Crippen molar-refractivity contribution in [1.82, 2.24) is 34.1 Å². The van der Waals surface area contributed by atoms with E-state index in [4.69, 9.17) is 0 Å². The summed E-state index contributed by atoms with van der Waals surface area (Å²) >= 11 is 0. The molecule has 0 amide bonds.